The first-order chi connectivity index (χ1) is 15.7. The summed E-state index contributed by atoms with van der Waals surface area (Å²) in [6.45, 7) is 0.288. The lowest BCUT2D eigenvalue weighted by atomic mass is 10.1. The standard InChI is InChI=1S/C21H20F3N5O4/c1-32-16-7-6-13(10-17(16)33-2)8-9-25-19-18(29(30)31)20(27-12-26-19)28-15-5-3-4-14(11-15)21(22,23)24/h3-7,10-12H,8-9H2,1-2H3,(H2,25,26,27,28). The highest BCUT2D eigenvalue weighted by atomic mass is 19.4. The number of anilines is 3. The molecule has 12 heteroatoms. The largest absolute Gasteiger partial charge is 0.493 e. The van der Waals surface area contributed by atoms with E-state index in [1.165, 1.54) is 26.4 Å². The molecule has 0 saturated heterocycles. The molecule has 0 bridgehead atoms. The van der Waals surface area contributed by atoms with E-state index in [1.807, 2.05) is 6.07 Å². The minimum Gasteiger partial charge on any atom is -0.493 e. The van der Waals surface area contributed by atoms with E-state index in [4.69, 9.17) is 9.47 Å². The van der Waals surface area contributed by atoms with Crippen LogP contribution in [-0.4, -0.2) is 35.7 Å². The van der Waals surface area contributed by atoms with Crippen LogP contribution < -0.4 is 20.1 Å². The zero-order chi connectivity index (χ0) is 24.0. The van der Waals surface area contributed by atoms with Crippen LogP contribution in [-0.2, 0) is 12.6 Å². The normalized spacial score (nSPS) is 11.1. The Balaban J connectivity index is 1.78. The number of nitro groups is 1. The number of methoxy groups -OCH3 is 2. The molecule has 3 rings (SSSR count). The van der Waals surface area contributed by atoms with Crippen LogP contribution in [0.5, 0.6) is 11.5 Å². The van der Waals surface area contributed by atoms with Gasteiger partial charge in [-0.1, -0.05) is 12.1 Å². The predicted octanol–water partition coefficient (Wildman–Crippen LogP) is 4.82. The van der Waals surface area contributed by atoms with Crippen LogP contribution in [0.15, 0.2) is 48.8 Å². The lowest BCUT2D eigenvalue weighted by Gasteiger charge is -2.12. The molecule has 3 aromatic rings. The van der Waals surface area contributed by atoms with Crippen molar-refractivity contribution in [2.45, 2.75) is 12.6 Å². The monoisotopic (exact) mass is 463 g/mol. The van der Waals surface area contributed by atoms with Crippen molar-refractivity contribution in [3.05, 3.63) is 70.0 Å². The molecule has 1 heterocycles. The van der Waals surface area contributed by atoms with Crippen LogP contribution >= 0.6 is 0 Å². The highest BCUT2D eigenvalue weighted by Crippen LogP contribution is 2.34. The summed E-state index contributed by atoms with van der Waals surface area (Å²) in [4.78, 5) is 18.7. The van der Waals surface area contributed by atoms with Gasteiger partial charge < -0.3 is 20.1 Å². The molecule has 0 atom stereocenters. The Morgan fingerprint density at radius 1 is 1.03 bits per heavy atom. The minimum absolute atomic E-state index is 0.00269. The fraction of sp³-hybridized carbons (Fsp3) is 0.238. The Kier molecular flexibility index (Phi) is 7.16. The summed E-state index contributed by atoms with van der Waals surface area (Å²) in [5, 5.41) is 17.1. The van der Waals surface area contributed by atoms with E-state index in [9.17, 15) is 23.3 Å². The molecular formula is C21H20F3N5O4. The van der Waals surface area contributed by atoms with Gasteiger partial charge in [-0.25, -0.2) is 9.97 Å². The number of alkyl halides is 3. The third-order valence-corrected chi connectivity index (χ3v) is 4.61. The van der Waals surface area contributed by atoms with Crippen molar-refractivity contribution in [2.24, 2.45) is 0 Å². The van der Waals surface area contributed by atoms with Gasteiger partial charge in [0.25, 0.3) is 0 Å². The van der Waals surface area contributed by atoms with E-state index >= 15 is 0 Å². The number of aromatic nitrogens is 2. The summed E-state index contributed by atoms with van der Waals surface area (Å²) in [6, 6.07) is 9.66. The number of rotatable bonds is 9. The summed E-state index contributed by atoms with van der Waals surface area (Å²) < 4.78 is 49.3. The number of nitrogens with zero attached hydrogens (tertiary/aromatic N) is 3. The van der Waals surface area contributed by atoms with Crippen molar-refractivity contribution in [1.82, 2.24) is 9.97 Å². The number of hydrogen-bond acceptors (Lipinski definition) is 8. The maximum absolute atomic E-state index is 13.0. The topological polar surface area (TPSA) is 111 Å². The molecule has 2 aromatic carbocycles. The second kappa shape index (κ2) is 10.0. The maximum Gasteiger partial charge on any atom is 0.416 e. The summed E-state index contributed by atoms with van der Waals surface area (Å²) in [5.74, 6) is 0.828. The molecule has 1 aromatic heterocycles. The summed E-state index contributed by atoms with van der Waals surface area (Å²) >= 11 is 0. The van der Waals surface area contributed by atoms with E-state index in [2.05, 4.69) is 20.6 Å². The summed E-state index contributed by atoms with van der Waals surface area (Å²) in [6.07, 6.45) is -2.98. The lowest BCUT2D eigenvalue weighted by molar-refractivity contribution is -0.383. The molecule has 2 N–H and O–H groups in total. The quantitative estimate of drug-likeness (QED) is 0.343. The van der Waals surface area contributed by atoms with Crippen LogP contribution in [0.25, 0.3) is 0 Å². The summed E-state index contributed by atoms with van der Waals surface area (Å²) in [7, 11) is 3.04. The van der Waals surface area contributed by atoms with Crippen molar-refractivity contribution in [2.75, 3.05) is 31.4 Å². The third-order valence-electron chi connectivity index (χ3n) is 4.61. The molecule has 0 spiro atoms. The predicted molar refractivity (Wildman–Crippen MR) is 115 cm³/mol. The van der Waals surface area contributed by atoms with E-state index < -0.39 is 22.4 Å². The Labute approximate surface area is 186 Å². The van der Waals surface area contributed by atoms with Gasteiger partial charge in [-0.05, 0) is 42.3 Å². The van der Waals surface area contributed by atoms with Crippen LogP contribution in [0, 0.1) is 10.1 Å². The Morgan fingerprint density at radius 3 is 2.42 bits per heavy atom. The van der Waals surface area contributed by atoms with Crippen LogP contribution in [0.4, 0.5) is 36.2 Å². The molecule has 0 aliphatic rings. The van der Waals surface area contributed by atoms with Crippen molar-refractivity contribution in [1.29, 1.82) is 0 Å². The van der Waals surface area contributed by atoms with Gasteiger partial charge in [0.15, 0.2) is 11.5 Å². The Hall–Kier alpha value is -4.09. The van der Waals surface area contributed by atoms with E-state index in [0.717, 1.165) is 24.0 Å². The molecule has 0 aliphatic carbocycles. The average Bonchev–Trinajstić information content (AvgIpc) is 2.78. The van der Waals surface area contributed by atoms with Crippen LogP contribution in [0.3, 0.4) is 0 Å². The smallest absolute Gasteiger partial charge is 0.416 e. The lowest BCUT2D eigenvalue weighted by Crippen LogP contribution is -2.11. The fourth-order valence-corrected chi connectivity index (χ4v) is 3.04. The number of nitrogens with one attached hydrogen (secondary N) is 2. The summed E-state index contributed by atoms with van der Waals surface area (Å²) in [5.41, 5.74) is -0.484. The second-order valence-electron chi connectivity index (χ2n) is 6.75. The first-order valence-electron chi connectivity index (χ1n) is 9.61. The van der Waals surface area contributed by atoms with Crippen molar-refractivity contribution < 1.29 is 27.6 Å². The first kappa shape index (κ1) is 23.6. The number of halogens is 3. The van der Waals surface area contributed by atoms with Gasteiger partial charge in [-0.2, -0.15) is 13.2 Å². The zero-order valence-electron chi connectivity index (χ0n) is 17.6. The van der Waals surface area contributed by atoms with Gasteiger partial charge in [0.2, 0.25) is 11.6 Å². The number of ether oxygens (including phenoxy) is 2. The minimum atomic E-state index is -4.55. The van der Waals surface area contributed by atoms with Gasteiger partial charge in [-0.15, -0.1) is 0 Å². The molecule has 33 heavy (non-hydrogen) atoms. The van der Waals surface area contributed by atoms with Crippen LogP contribution in [0.2, 0.25) is 0 Å². The Morgan fingerprint density at radius 2 is 1.76 bits per heavy atom. The SMILES string of the molecule is COc1ccc(CCNc2ncnc(Nc3cccc(C(F)(F)F)c3)c2[N+](=O)[O-])cc1OC. The highest BCUT2D eigenvalue weighted by Gasteiger charge is 2.31. The number of hydrogen-bond donors (Lipinski definition) is 2. The van der Waals surface area contributed by atoms with Gasteiger partial charge in [0, 0.05) is 12.2 Å². The average molecular weight is 463 g/mol. The molecule has 174 valence electrons. The van der Waals surface area contributed by atoms with Crippen molar-refractivity contribution >= 4 is 23.0 Å². The molecule has 0 amide bonds. The molecule has 0 aliphatic heterocycles. The first-order valence-corrected chi connectivity index (χ1v) is 9.61. The van der Waals surface area contributed by atoms with Gasteiger partial charge in [-0.3, -0.25) is 10.1 Å². The second-order valence-corrected chi connectivity index (χ2v) is 6.75. The molecule has 0 unspecified atom stereocenters. The third kappa shape index (κ3) is 5.79. The van der Waals surface area contributed by atoms with Crippen LogP contribution in [0.1, 0.15) is 11.1 Å². The fourth-order valence-electron chi connectivity index (χ4n) is 3.04. The van der Waals surface area contributed by atoms with Gasteiger partial charge in [0.1, 0.15) is 6.33 Å². The molecular weight excluding hydrogens is 443 g/mol. The molecule has 0 radical (unpaired) electrons. The molecule has 9 nitrogen and oxygen atoms in total. The molecule has 0 saturated carbocycles. The van der Waals surface area contributed by atoms with Crippen molar-refractivity contribution in [3.8, 4) is 11.5 Å². The van der Waals surface area contributed by atoms with Crippen molar-refractivity contribution in [3.63, 3.8) is 0 Å². The van der Waals surface area contributed by atoms with Gasteiger partial charge >= 0.3 is 11.9 Å². The Bertz CT molecular complexity index is 1140. The van der Waals surface area contributed by atoms with E-state index in [-0.39, 0.29) is 23.9 Å². The van der Waals surface area contributed by atoms with Gasteiger partial charge in [0.05, 0.1) is 24.7 Å². The number of benzene rings is 2. The van der Waals surface area contributed by atoms with E-state index in [1.54, 1.807) is 12.1 Å². The highest BCUT2D eigenvalue weighted by molar-refractivity contribution is 5.73. The maximum atomic E-state index is 13.0. The molecule has 0 fully saturated rings. The van der Waals surface area contributed by atoms with E-state index in [0.29, 0.717) is 17.9 Å². The zero-order valence-corrected chi connectivity index (χ0v) is 17.6.